The van der Waals surface area contributed by atoms with Crippen LogP contribution in [0.15, 0.2) is 0 Å². The van der Waals surface area contributed by atoms with Crippen LogP contribution in [0, 0.1) is 6.92 Å². The first kappa shape index (κ1) is 13.3. The van der Waals surface area contributed by atoms with Crippen molar-refractivity contribution in [2.45, 2.75) is 32.2 Å². The second-order valence-electron chi connectivity index (χ2n) is 4.77. The third-order valence-electron chi connectivity index (χ3n) is 3.01. The molecule has 1 saturated heterocycles. The summed E-state index contributed by atoms with van der Waals surface area (Å²) in [7, 11) is 1.38. The number of aryl methyl sites for hydroxylation is 1. The summed E-state index contributed by atoms with van der Waals surface area (Å²) in [6.07, 6.45) is 2.08. The van der Waals surface area contributed by atoms with E-state index in [2.05, 4.69) is 17.2 Å². The van der Waals surface area contributed by atoms with Gasteiger partial charge in [-0.05, 0) is 26.7 Å². The molecule has 0 saturated carbocycles. The second kappa shape index (κ2) is 5.24. The van der Waals surface area contributed by atoms with Gasteiger partial charge in [0.1, 0.15) is 4.88 Å². The number of hydrogen-bond acceptors (Lipinski definition) is 6. The van der Waals surface area contributed by atoms with Crippen LogP contribution in [0.4, 0.5) is 5.13 Å². The van der Waals surface area contributed by atoms with E-state index >= 15 is 0 Å². The van der Waals surface area contributed by atoms with E-state index in [1.807, 2.05) is 6.92 Å². The van der Waals surface area contributed by atoms with Gasteiger partial charge in [0.05, 0.1) is 24.9 Å². The molecule has 1 aliphatic rings. The lowest BCUT2D eigenvalue weighted by Crippen LogP contribution is -2.42. The summed E-state index contributed by atoms with van der Waals surface area (Å²) in [4.78, 5) is 16.4. The van der Waals surface area contributed by atoms with Crippen LogP contribution >= 0.6 is 11.3 Å². The lowest BCUT2D eigenvalue weighted by molar-refractivity contribution is 0.0540. The summed E-state index contributed by atoms with van der Waals surface area (Å²) in [6, 6.07) is 0. The highest BCUT2D eigenvalue weighted by atomic mass is 32.1. The third kappa shape index (κ3) is 2.81. The molecule has 6 heteroatoms. The second-order valence-corrected chi connectivity index (χ2v) is 5.77. The highest BCUT2D eigenvalue weighted by Crippen LogP contribution is 2.29. The van der Waals surface area contributed by atoms with E-state index in [0.29, 0.717) is 17.2 Å². The van der Waals surface area contributed by atoms with Gasteiger partial charge in [0.25, 0.3) is 0 Å². The molecular formula is C12H18N2O3S. The van der Waals surface area contributed by atoms with E-state index < -0.39 is 0 Å². The zero-order chi connectivity index (χ0) is 13.2. The minimum absolute atomic E-state index is 0.101. The molecule has 0 radical (unpaired) electrons. The number of nitrogens with zero attached hydrogens (tertiary/aromatic N) is 1. The summed E-state index contributed by atoms with van der Waals surface area (Å²) in [6.45, 7) is 5.41. The van der Waals surface area contributed by atoms with Gasteiger partial charge < -0.3 is 14.8 Å². The molecule has 2 rings (SSSR count). The minimum atomic E-state index is -0.330. The van der Waals surface area contributed by atoms with E-state index in [9.17, 15) is 4.79 Å². The van der Waals surface area contributed by atoms with Crippen LogP contribution in [0.1, 0.15) is 35.1 Å². The standard InChI is InChI=1S/C12H18N2O3S/c1-8-9(10(15)16-3)18-11(13-8)14-12(2)5-4-6-17-7-12/h4-7H2,1-3H3,(H,13,14). The molecule has 2 heterocycles. The fraction of sp³-hybridized carbons (Fsp3) is 0.667. The van der Waals surface area contributed by atoms with Crippen LogP contribution in [0.2, 0.25) is 0 Å². The van der Waals surface area contributed by atoms with Gasteiger partial charge in [-0.25, -0.2) is 9.78 Å². The summed E-state index contributed by atoms with van der Waals surface area (Å²) in [5, 5.41) is 4.12. The number of nitrogens with one attached hydrogen (secondary N) is 1. The van der Waals surface area contributed by atoms with Crippen molar-refractivity contribution >= 4 is 22.4 Å². The molecule has 1 N–H and O–H groups in total. The third-order valence-corrected chi connectivity index (χ3v) is 4.07. The largest absolute Gasteiger partial charge is 0.465 e. The molecule has 1 aromatic rings. The van der Waals surface area contributed by atoms with Gasteiger partial charge in [0, 0.05) is 6.61 Å². The van der Waals surface area contributed by atoms with Crippen LogP contribution in [0.5, 0.6) is 0 Å². The average Bonchev–Trinajstić information content (AvgIpc) is 2.69. The Balaban J connectivity index is 2.12. The predicted octanol–water partition coefficient (Wildman–Crippen LogP) is 2.22. The van der Waals surface area contributed by atoms with Crippen molar-refractivity contribution < 1.29 is 14.3 Å². The molecule has 0 spiro atoms. The number of anilines is 1. The van der Waals surface area contributed by atoms with E-state index in [1.165, 1.54) is 18.4 Å². The van der Waals surface area contributed by atoms with Gasteiger partial charge in [0.15, 0.2) is 5.13 Å². The molecule has 0 amide bonds. The molecule has 5 nitrogen and oxygen atoms in total. The van der Waals surface area contributed by atoms with E-state index in [4.69, 9.17) is 9.47 Å². The Hall–Kier alpha value is -1.14. The predicted molar refractivity (Wildman–Crippen MR) is 70.3 cm³/mol. The fourth-order valence-corrected chi connectivity index (χ4v) is 3.06. The van der Waals surface area contributed by atoms with Crippen LogP contribution in [0.3, 0.4) is 0 Å². The van der Waals surface area contributed by atoms with Gasteiger partial charge in [-0.15, -0.1) is 0 Å². The van der Waals surface area contributed by atoms with Gasteiger partial charge in [-0.2, -0.15) is 0 Å². The summed E-state index contributed by atoms with van der Waals surface area (Å²) >= 11 is 1.33. The number of thiazole rings is 1. The molecule has 18 heavy (non-hydrogen) atoms. The zero-order valence-electron chi connectivity index (χ0n) is 10.9. The molecular weight excluding hydrogens is 252 g/mol. The van der Waals surface area contributed by atoms with E-state index in [1.54, 1.807) is 0 Å². The Kier molecular flexibility index (Phi) is 3.87. The first-order chi connectivity index (χ1) is 8.54. The van der Waals surface area contributed by atoms with Gasteiger partial charge in [-0.3, -0.25) is 0 Å². The first-order valence-corrected chi connectivity index (χ1v) is 6.77. The van der Waals surface area contributed by atoms with Gasteiger partial charge in [-0.1, -0.05) is 11.3 Å². The van der Waals surface area contributed by atoms with Crippen molar-refractivity contribution in [1.29, 1.82) is 0 Å². The molecule has 1 aliphatic heterocycles. The smallest absolute Gasteiger partial charge is 0.350 e. The monoisotopic (exact) mass is 270 g/mol. The molecule has 0 bridgehead atoms. The zero-order valence-corrected chi connectivity index (χ0v) is 11.7. The summed E-state index contributed by atoms with van der Waals surface area (Å²) < 4.78 is 10.2. The molecule has 1 atom stereocenters. The van der Waals surface area contributed by atoms with Crippen LogP contribution < -0.4 is 5.32 Å². The van der Waals surface area contributed by atoms with Crippen molar-refractivity contribution in [3.63, 3.8) is 0 Å². The molecule has 0 aromatic carbocycles. The highest BCUT2D eigenvalue weighted by Gasteiger charge is 2.29. The highest BCUT2D eigenvalue weighted by molar-refractivity contribution is 7.17. The van der Waals surface area contributed by atoms with Crippen LogP contribution in [0.25, 0.3) is 0 Å². The number of carbonyl (C=O) groups is 1. The maximum absolute atomic E-state index is 11.5. The van der Waals surface area contributed by atoms with Crippen molar-refractivity contribution in [2.75, 3.05) is 25.6 Å². The molecule has 1 unspecified atom stereocenters. The van der Waals surface area contributed by atoms with Gasteiger partial charge >= 0.3 is 5.97 Å². The topological polar surface area (TPSA) is 60.5 Å². The number of rotatable bonds is 3. The summed E-state index contributed by atoms with van der Waals surface area (Å²) in [5.41, 5.74) is 0.602. The minimum Gasteiger partial charge on any atom is -0.465 e. The summed E-state index contributed by atoms with van der Waals surface area (Å²) in [5.74, 6) is -0.330. The Labute approximate surface area is 111 Å². The van der Waals surface area contributed by atoms with Crippen molar-refractivity contribution in [2.24, 2.45) is 0 Å². The van der Waals surface area contributed by atoms with E-state index in [0.717, 1.165) is 24.6 Å². The molecule has 1 aromatic heterocycles. The Morgan fingerprint density at radius 3 is 3.00 bits per heavy atom. The first-order valence-electron chi connectivity index (χ1n) is 5.96. The molecule has 0 aliphatic carbocycles. The number of hydrogen-bond donors (Lipinski definition) is 1. The van der Waals surface area contributed by atoms with Crippen LogP contribution in [-0.2, 0) is 9.47 Å². The lowest BCUT2D eigenvalue weighted by atomic mass is 9.95. The maximum Gasteiger partial charge on any atom is 0.350 e. The number of carbonyl (C=O) groups excluding carboxylic acids is 1. The SMILES string of the molecule is COC(=O)c1sc(NC2(C)CCCOC2)nc1C. The average molecular weight is 270 g/mol. The van der Waals surface area contributed by atoms with Gasteiger partial charge in [0.2, 0.25) is 0 Å². The Morgan fingerprint density at radius 1 is 1.61 bits per heavy atom. The molecule has 100 valence electrons. The van der Waals surface area contributed by atoms with Crippen molar-refractivity contribution in [3.05, 3.63) is 10.6 Å². The number of ether oxygens (including phenoxy) is 2. The normalized spacial score (nSPS) is 23.7. The fourth-order valence-electron chi connectivity index (χ4n) is 2.02. The Morgan fingerprint density at radius 2 is 2.39 bits per heavy atom. The Bertz CT molecular complexity index is 439. The number of aromatic nitrogens is 1. The molecule has 1 fully saturated rings. The quantitative estimate of drug-likeness (QED) is 0.853. The number of esters is 1. The lowest BCUT2D eigenvalue weighted by Gasteiger charge is -2.34. The maximum atomic E-state index is 11.5. The van der Waals surface area contributed by atoms with Crippen LogP contribution in [-0.4, -0.2) is 36.8 Å². The van der Waals surface area contributed by atoms with Crippen molar-refractivity contribution in [1.82, 2.24) is 4.98 Å². The van der Waals surface area contributed by atoms with Crippen molar-refractivity contribution in [3.8, 4) is 0 Å². The van der Waals surface area contributed by atoms with E-state index in [-0.39, 0.29) is 11.5 Å². The number of methoxy groups -OCH3 is 1.